The van der Waals surface area contributed by atoms with Gasteiger partial charge in [0, 0.05) is 35.0 Å². The second kappa shape index (κ2) is 6.72. The Hall–Kier alpha value is -2.41. The molecule has 2 unspecified atom stereocenters. The number of carbonyl (C=O) groups excluding carboxylic acids is 2. The van der Waals surface area contributed by atoms with Crippen LogP contribution in [-0.2, 0) is 11.3 Å². The quantitative estimate of drug-likeness (QED) is 0.862. The van der Waals surface area contributed by atoms with Gasteiger partial charge in [0.15, 0.2) is 0 Å². The van der Waals surface area contributed by atoms with Gasteiger partial charge >= 0.3 is 6.03 Å². The summed E-state index contributed by atoms with van der Waals surface area (Å²) in [6.07, 6.45) is 1.66. The molecule has 1 aromatic carbocycles. The molecule has 2 aliphatic rings. The summed E-state index contributed by atoms with van der Waals surface area (Å²) in [5.41, 5.74) is 0.357. The Balaban J connectivity index is 1.29. The Morgan fingerprint density at radius 3 is 2.96 bits per heavy atom. The van der Waals surface area contributed by atoms with Crippen LogP contribution in [0.15, 0.2) is 41.8 Å². The van der Waals surface area contributed by atoms with Crippen molar-refractivity contribution in [2.45, 2.75) is 19.4 Å². The molecule has 2 heterocycles. The number of amides is 3. The van der Waals surface area contributed by atoms with Crippen molar-refractivity contribution in [3.05, 3.63) is 52.5 Å². The van der Waals surface area contributed by atoms with E-state index in [0.717, 1.165) is 17.7 Å². The van der Waals surface area contributed by atoms with E-state index in [-0.39, 0.29) is 29.1 Å². The molecule has 1 saturated carbocycles. The minimum atomic E-state index is -0.384. The van der Waals surface area contributed by atoms with Gasteiger partial charge in [0.05, 0.1) is 6.54 Å². The second-order valence-corrected chi connectivity index (χ2v) is 8.06. The van der Waals surface area contributed by atoms with Crippen molar-refractivity contribution < 1.29 is 14.0 Å². The molecule has 1 spiro atoms. The standard InChI is InChI=1S/C19H20FN3O2S/c20-13-3-1-4-14(9-13)22-18(25)23-7-6-19(12-23)10-16(19)17(24)21-11-15-5-2-8-26-15/h1-5,8-9,16H,6-7,10-12H2,(H,21,24)(H,22,25). The third kappa shape index (κ3) is 3.44. The van der Waals surface area contributed by atoms with Crippen LogP contribution in [0.3, 0.4) is 0 Å². The highest BCUT2D eigenvalue weighted by Gasteiger charge is 2.61. The summed E-state index contributed by atoms with van der Waals surface area (Å²) in [4.78, 5) is 27.6. The van der Waals surface area contributed by atoms with E-state index in [4.69, 9.17) is 0 Å². The van der Waals surface area contributed by atoms with E-state index in [1.807, 2.05) is 17.5 Å². The summed E-state index contributed by atoms with van der Waals surface area (Å²) in [6, 6.07) is 9.58. The van der Waals surface area contributed by atoms with Gasteiger partial charge in [0.2, 0.25) is 5.91 Å². The van der Waals surface area contributed by atoms with Crippen LogP contribution in [0.1, 0.15) is 17.7 Å². The Kier molecular flexibility index (Phi) is 4.40. The average molecular weight is 373 g/mol. The molecule has 2 N–H and O–H groups in total. The minimum Gasteiger partial charge on any atom is -0.351 e. The summed E-state index contributed by atoms with van der Waals surface area (Å²) < 4.78 is 13.2. The number of urea groups is 1. The zero-order chi connectivity index (χ0) is 18.1. The highest BCUT2D eigenvalue weighted by atomic mass is 32.1. The lowest BCUT2D eigenvalue weighted by Gasteiger charge is -2.17. The maximum atomic E-state index is 13.2. The monoisotopic (exact) mass is 373 g/mol. The number of thiophene rings is 1. The molecule has 1 aliphatic heterocycles. The molecule has 136 valence electrons. The lowest BCUT2D eigenvalue weighted by molar-refractivity contribution is -0.123. The van der Waals surface area contributed by atoms with Gasteiger partial charge in [-0.15, -0.1) is 11.3 Å². The van der Waals surface area contributed by atoms with Gasteiger partial charge < -0.3 is 15.5 Å². The number of rotatable bonds is 4. The maximum absolute atomic E-state index is 13.2. The van der Waals surface area contributed by atoms with Gasteiger partial charge in [0.25, 0.3) is 0 Å². The predicted molar refractivity (Wildman–Crippen MR) is 98.3 cm³/mol. The number of nitrogens with zero attached hydrogens (tertiary/aromatic N) is 1. The lowest BCUT2D eigenvalue weighted by Crippen LogP contribution is -2.34. The fraction of sp³-hybridized carbons (Fsp3) is 0.368. The molecule has 1 aromatic heterocycles. The highest BCUT2D eigenvalue weighted by molar-refractivity contribution is 7.09. The van der Waals surface area contributed by atoms with E-state index < -0.39 is 0 Å². The molecule has 0 radical (unpaired) electrons. The zero-order valence-corrected chi connectivity index (χ0v) is 15.0. The van der Waals surface area contributed by atoms with Crippen molar-refractivity contribution in [3.63, 3.8) is 0 Å². The molecule has 0 bridgehead atoms. The van der Waals surface area contributed by atoms with E-state index in [1.165, 1.54) is 12.1 Å². The molecule has 2 aromatic rings. The lowest BCUT2D eigenvalue weighted by atomic mass is 10.0. The van der Waals surface area contributed by atoms with Gasteiger partial charge in [-0.1, -0.05) is 12.1 Å². The van der Waals surface area contributed by atoms with Crippen LogP contribution in [0.25, 0.3) is 0 Å². The van der Waals surface area contributed by atoms with E-state index in [9.17, 15) is 14.0 Å². The normalized spacial score (nSPS) is 23.9. The van der Waals surface area contributed by atoms with Gasteiger partial charge in [-0.25, -0.2) is 9.18 Å². The van der Waals surface area contributed by atoms with Crippen LogP contribution >= 0.6 is 11.3 Å². The molecular formula is C19H20FN3O2S. The summed E-state index contributed by atoms with van der Waals surface area (Å²) in [5.74, 6) is -0.328. The summed E-state index contributed by atoms with van der Waals surface area (Å²) in [7, 11) is 0. The third-order valence-electron chi connectivity index (χ3n) is 5.27. The molecule has 1 saturated heterocycles. The fourth-order valence-corrected chi connectivity index (χ4v) is 4.36. The number of carbonyl (C=O) groups is 2. The first-order valence-electron chi connectivity index (χ1n) is 8.67. The molecule has 4 rings (SSSR count). The summed E-state index contributed by atoms with van der Waals surface area (Å²) in [5, 5.41) is 7.72. The number of anilines is 1. The van der Waals surface area contributed by atoms with Crippen molar-refractivity contribution in [1.82, 2.24) is 10.2 Å². The Labute approximate surface area is 155 Å². The van der Waals surface area contributed by atoms with Gasteiger partial charge in [-0.2, -0.15) is 0 Å². The molecule has 2 atom stereocenters. The van der Waals surface area contributed by atoms with Crippen LogP contribution in [0.4, 0.5) is 14.9 Å². The Morgan fingerprint density at radius 2 is 2.19 bits per heavy atom. The molecule has 26 heavy (non-hydrogen) atoms. The summed E-state index contributed by atoms with van der Waals surface area (Å²) >= 11 is 1.62. The van der Waals surface area contributed by atoms with Crippen LogP contribution < -0.4 is 10.6 Å². The largest absolute Gasteiger partial charge is 0.351 e. The number of benzene rings is 1. The number of likely N-dealkylation sites (tertiary alicyclic amines) is 1. The SMILES string of the molecule is O=C(NCc1cccs1)C1CC12CCN(C(=O)Nc1cccc(F)c1)C2. The summed E-state index contributed by atoms with van der Waals surface area (Å²) in [6.45, 7) is 1.76. The Morgan fingerprint density at radius 1 is 1.31 bits per heavy atom. The molecule has 5 nitrogen and oxygen atoms in total. The van der Waals surface area contributed by atoms with Crippen LogP contribution in [0.2, 0.25) is 0 Å². The van der Waals surface area contributed by atoms with E-state index in [1.54, 1.807) is 28.4 Å². The van der Waals surface area contributed by atoms with Crippen LogP contribution in [-0.4, -0.2) is 29.9 Å². The van der Waals surface area contributed by atoms with Crippen molar-refractivity contribution in [3.8, 4) is 0 Å². The Bertz CT molecular complexity index is 826. The van der Waals surface area contributed by atoms with E-state index in [2.05, 4.69) is 10.6 Å². The van der Waals surface area contributed by atoms with Gasteiger partial charge in [-0.3, -0.25) is 4.79 Å². The number of halogens is 1. The van der Waals surface area contributed by atoms with Crippen molar-refractivity contribution in [2.24, 2.45) is 11.3 Å². The fourth-order valence-electron chi connectivity index (χ4n) is 3.72. The third-order valence-corrected chi connectivity index (χ3v) is 6.15. The van der Waals surface area contributed by atoms with E-state index >= 15 is 0 Å². The minimum absolute atomic E-state index is 0.0190. The van der Waals surface area contributed by atoms with Crippen molar-refractivity contribution >= 4 is 29.0 Å². The predicted octanol–water partition coefficient (Wildman–Crippen LogP) is 3.45. The van der Waals surface area contributed by atoms with Gasteiger partial charge in [0.1, 0.15) is 5.82 Å². The van der Waals surface area contributed by atoms with Crippen molar-refractivity contribution in [2.75, 3.05) is 18.4 Å². The highest BCUT2D eigenvalue weighted by Crippen LogP contribution is 2.58. The average Bonchev–Trinajstić information content (AvgIpc) is 2.97. The van der Waals surface area contributed by atoms with Gasteiger partial charge in [-0.05, 0) is 42.5 Å². The molecule has 2 fully saturated rings. The van der Waals surface area contributed by atoms with Crippen molar-refractivity contribution in [1.29, 1.82) is 0 Å². The molecule has 7 heteroatoms. The van der Waals surface area contributed by atoms with E-state index in [0.29, 0.717) is 25.3 Å². The molecule has 3 amide bonds. The molecular weight excluding hydrogens is 353 g/mol. The number of hydrogen-bond acceptors (Lipinski definition) is 3. The first-order chi connectivity index (χ1) is 12.6. The molecule has 1 aliphatic carbocycles. The smallest absolute Gasteiger partial charge is 0.321 e. The zero-order valence-electron chi connectivity index (χ0n) is 14.2. The van der Waals surface area contributed by atoms with Crippen LogP contribution in [0, 0.1) is 17.2 Å². The number of nitrogens with one attached hydrogen (secondary N) is 2. The number of hydrogen-bond donors (Lipinski definition) is 2. The maximum Gasteiger partial charge on any atom is 0.321 e. The second-order valence-electron chi connectivity index (χ2n) is 7.03. The first-order valence-corrected chi connectivity index (χ1v) is 9.55. The van der Waals surface area contributed by atoms with Crippen LogP contribution in [0.5, 0.6) is 0 Å². The first kappa shape index (κ1) is 17.0. The topological polar surface area (TPSA) is 61.4 Å².